The van der Waals surface area contributed by atoms with Crippen LogP contribution in [0.25, 0.3) is 0 Å². The van der Waals surface area contributed by atoms with Gasteiger partial charge >= 0.3 is 0 Å². The van der Waals surface area contributed by atoms with Crippen LogP contribution in [-0.2, 0) is 16.6 Å². The van der Waals surface area contributed by atoms with Gasteiger partial charge in [0.2, 0.25) is 5.91 Å². The van der Waals surface area contributed by atoms with Gasteiger partial charge in [0.15, 0.2) is 0 Å². The maximum Gasteiger partial charge on any atom is 0.235 e. The van der Waals surface area contributed by atoms with Crippen LogP contribution in [0.1, 0.15) is 30.9 Å². The third-order valence-corrected chi connectivity index (χ3v) is 4.47. The van der Waals surface area contributed by atoms with Crippen LogP contribution in [0.2, 0.25) is 0 Å². The molecule has 0 aromatic heterocycles. The maximum atomic E-state index is 12.8. The first-order valence-corrected chi connectivity index (χ1v) is 7.73. The molecule has 0 unspecified atom stereocenters. The van der Waals surface area contributed by atoms with Gasteiger partial charge in [-0.3, -0.25) is 4.79 Å². The summed E-state index contributed by atoms with van der Waals surface area (Å²) in [5, 5.41) is 3.12. The minimum atomic E-state index is -0.368. The summed E-state index contributed by atoms with van der Waals surface area (Å²) in [5.41, 5.74) is 2.79. The number of anilines is 1. The van der Waals surface area contributed by atoms with Crippen molar-refractivity contribution in [2.75, 3.05) is 12.4 Å². The summed E-state index contributed by atoms with van der Waals surface area (Å²) in [4.78, 5) is 12.8. The molecular weight excluding hydrogens is 274 g/mol. The molecule has 0 aliphatic heterocycles. The molecule has 1 N–H and O–H groups in total. The summed E-state index contributed by atoms with van der Waals surface area (Å²) < 4.78 is 5.19. The Balaban J connectivity index is 1.81. The molecule has 1 aliphatic rings. The normalized spacial score (nSPS) is 15.2. The van der Waals surface area contributed by atoms with Crippen molar-refractivity contribution in [1.29, 1.82) is 0 Å². The van der Waals surface area contributed by atoms with E-state index in [1.54, 1.807) is 7.11 Å². The zero-order valence-corrected chi connectivity index (χ0v) is 13.1. The molecular formula is C19H21NO2. The maximum absolute atomic E-state index is 12.8. The molecule has 2 aromatic carbocycles. The van der Waals surface area contributed by atoms with Gasteiger partial charge in [0.05, 0.1) is 12.5 Å². The molecule has 0 spiro atoms. The van der Waals surface area contributed by atoms with Gasteiger partial charge < -0.3 is 10.1 Å². The van der Waals surface area contributed by atoms with Crippen LogP contribution in [0.15, 0.2) is 48.5 Å². The van der Waals surface area contributed by atoms with E-state index in [1.807, 2.05) is 42.5 Å². The molecule has 22 heavy (non-hydrogen) atoms. The fraction of sp³-hybridized carbons (Fsp3) is 0.316. The van der Waals surface area contributed by atoms with E-state index in [-0.39, 0.29) is 11.3 Å². The molecule has 3 rings (SSSR count). The smallest absolute Gasteiger partial charge is 0.235 e. The zero-order valence-electron chi connectivity index (χ0n) is 13.1. The van der Waals surface area contributed by atoms with Gasteiger partial charge in [0, 0.05) is 5.69 Å². The number of amides is 1. The van der Waals surface area contributed by atoms with Crippen LogP contribution in [-0.4, -0.2) is 13.0 Å². The van der Waals surface area contributed by atoms with Gasteiger partial charge in [-0.1, -0.05) is 37.3 Å². The lowest BCUT2D eigenvalue weighted by atomic mass is 9.94. The van der Waals surface area contributed by atoms with Crippen molar-refractivity contribution >= 4 is 11.6 Å². The van der Waals surface area contributed by atoms with Crippen molar-refractivity contribution in [2.45, 2.75) is 31.6 Å². The summed E-state index contributed by atoms with van der Waals surface area (Å²) in [6.45, 7) is 2.10. The average molecular weight is 295 g/mol. The fourth-order valence-electron chi connectivity index (χ4n) is 2.87. The Hall–Kier alpha value is -2.29. The number of methoxy groups -OCH3 is 1. The minimum absolute atomic E-state index is 0.0959. The molecule has 0 heterocycles. The van der Waals surface area contributed by atoms with E-state index < -0.39 is 0 Å². The van der Waals surface area contributed by atoms with Gasteiger partial charge in [-0.05, 0) is 48.6 Å². The Morgan fingerprint density at radius 1 is 1.14 bits per heavy atom. The highest BCUT2D eigenvalue weighted by molar-refractivity contribution is 6.01. The monoisotopic (exact) mass is 295 g/mol. The van der Waals surface area contributed by atoms with E-state index in [9.17, 15) is 4.79 Å². The molecule has 3 nitrogen and oxygen atoms in total. The number of nitrogens with one attached hydrogen (secondary N) is 1. The van der Waals surface area contributed by atoms with Crippen molar-refractivity contribution in [3.8, 4) is 5.75 Å². The van der Waals surface area contributed by atoms with Gasteiger partial charge in [0.1, 0.15) is 5.75 Å². The minimum Gasteiger partial charge on any atom is -0.497 e. The molecule has 0 atom stereocenters. The van der Waals surface area contributed by atoms with Crippen molar-refractivity contribution < 1.29 is 9.53 Å². The highest BCUT2D eigenvalue weighted by Gasteiger charge is 2.51. The van der Waals surface area contributed by atoms with Crippen molar-refractivity contribution in [3.63, 3.8) is 0 Å². The van der Waals surface area contributed by atoms with Crippen LogP contribution < -0.4 is 10.1 Å². The lowest BCUT2D eigenvalue weighted by molar-refractivity contribution is -0.118. The number of ether oxygens (including phenoxy) is 1. The first-order chi connectivity index (χ1) is 10.7. The second-order valence-electron chi connectivity index (χ2n) is 5.78. The Morgan fingerprint density at radius 3 is 2.41 bits per heavy atom. The number of para-hydroxylation sites is 1. The highest BCUT2D eigenvalue weighted by Crippen LogP contribution is 2.49. The first kappa shape index (κ1) is 14.6. The summed E-state index contributed by atoms with van der Waals surface area (Å²) in [7, 11) is 1.65. The number of rotatable bonds is 5. The third-order valence-electron chi connectivity index (χ3n) is 4.47. The molecule has 1 fully saturated rings. The van der Waals surface area contributed by atoms with E-state index in [1.165, 1.54) is 5.56 Å². The molecule has 0 saturated heterocycles. The van der Waals surface area contributed by atoms with E-state index in [4.69, 9.17) is 4.74 Å². The Morgan fingerprint density at radius 2 is 1.82 bits per heavy atom. The van der Waals surface area contributed by atoms with E-state index in [0.29, 0.717) is 0 Å². The molecule has 0 radical (unpaired) electrons. The summed E-state index contributed by atoms with van der Waals surface area (Å²) in [6, 6.07) is 15.8. The van der Waals surface area contributed by atoms with Gasteiger partial charge in [0.25, 0.3) is 0 Å². The number of aryl methyl sites for hydroxylation is 1. The van der Waals surface area contributed by atoms with Crippen LogP contribution >= 0.6 is 0 Å². The van der Waals surface area contributed by atoms with Crippen molar-refractivity contribution in [1.82, 2.24) is 0 Å². The molecule has 114 valence electrons. The third kappa shape index (κ3) is 2.59. The molecule has 1 amide bonds. The average Bonchev–Trinajstić information content (AvgIpc) is 3.37. The molecule has 1 saturated carbocycles. The van der Waals surface area contributed by atoms with Crippen LogP contribution in [0.5, 0.6) is 5.75 Å². The van der Waals surface area contributed by atoms with Gasteiger partial charge in [-0.15, -0.1) is 0 Å². The number of benzene rings is 2. The largest absolute Gasteiger partial charge is 0.497 e. The number of carbonyl (C=O) groups excluding carboxylic acids is 1. The Kier molecular flexibility index (Phi) is 3.88. The molecule has 1 aliphatic carbocycles. The summed E-state index contributed by atoms with van der Waals surface area (Å²) >= 11 is 0. The number of hydrogen-bond acceptors (Lipinski definition) is 2. The lowest BCUT2D eigenvalue weighted by Gasteiger charge is -2.17. The van der Waals surface area contributed by atoms with Crippen molar-refractivity contribution in [2.24, 2.45) is 0 Å². The predicted octanol–water partition coefficient (Wildman–Crippen LogP) is 3.93. The summed E-state index contributed by atoms with van der Waals surface area (Å²) in [5.74, 6) is 0.912. The van der Waals surface area contributed by atoms with E-state index in [0.717, 1.165) is 36.3 Å². The lowest BCUT2D eigenvalue weighted by Crippen LogP contribution is -2.28. The Labute approximate surface area is 131 Å². The highest BCUT2D eigenvalue weighted by atomic mass is 16.5. The first-order valence-electron chi connectivity index (χ1n) is 7.73. The second-order valence-corrected chi connectivity index (χ2v) is 5.78. The standard InChI is InChI=1S/C19H21NO2/c1-3-14-6-4-5-7-17(14)20-18(21)19(12-13-19)15-8-10-16(22-2)11-9-15/h4-11H,3,12-13H2,1-2H3,(H,20,21). The number of hydrogen-bond donors (Lipinski definition) is 1. The molecule has 0 bridgehead atoms. The van der Waals surface area contributed by atoms with Crippen molar-refractivity contribution in [3.05, 3.63) is 59.7 Å². The Bertz CT molecular complexity index is 672. The van der Waals surface area contributed by atoms with E-state index in [2.05, 4.69) is 18.3 Å². The van der Waals surface area contributed by atoms with Gasteiger partial charge in [-0.2, -0.15) is 0 Å². The van der Waals surface area contributed by atoms with Crippen LogP contribution in [0, 0.1) is 0 Å². The van der Waals surface area contributed by atoms with Crippen LogP contribution in [0.3, 0.4) is 0 Å². The molecule has 2 aromatic rings. The van der Waals surface area contributed by atoms with Crippen LogP contribution in [0.4, 0.5) is 5.69 Å². The molecule has 3 heteroatoms. The SMILES string of the molecule is CCc1ccccc1NC(=O)C1(c2ccc(OC)cc2)CC1. The van der Waals surface area contributed by atoms with E-state index >= 15 is 0 Å². The predicted molar refractivity (Wildman–Crippen MR) is 88.4 cm³/mol. The fourth-order valence-corrected chi connectivity index (χ4v) is 2.87. The topological polar surface area (TPSA) is 38.3 Å². The second kappa shape index (κ2) is 5.84. The number of carbonyl (C=O) groups is 1. The summed E-state index contributed by atoms with van der Waals surface area (Å²) in [6.07, 6.45) is 2.71. The zero-order chi connectivity index (χ0) is 15.6. The quantitative estimate of drug-likeness (QED) is 0.907. The van der Waals surface area contributed by atoms with Gasteiger partial charge in [-0.25, -0.2) is 0 Å².